The van der Waals surface area contributed by atoms with Gasteiger partial charge in [-0.3, -0.25) is 0 Å². The number of para-hydroxylation sites is 1. The number of hydrogen-bond donors (Lipinski definition) is 1. The number of hydrogen-bond acceptors (Lipinski definition) is 2. The molecule has 0 amide bonds. The topological polar surface area (TPSA) is 29.5 Å². The smallest absolute Gasteiger partial charge is 0.152 e. The Balaban J connectivity index is 1.75. The molecule has 0 aliphatic heterocycles. The molecule has 3 heteroatoms. The molecule has 1 N–H and O–H groups in total. The first-order valence-electron chi connectivity index (χ1n) is 6.44. The van der Waals surface area contributed by atoms with Crippen LogP contribution in [0.15, 0.2) is 42.5 Å². The minimum Gasteiger partial charge on any atom is -0.490 e. The van der Waals surface area contributed by atoms with Crippen LogP contribution in [0.3, 0.4) is 0 Å². The fourth-order valence-electron chi connectivity index (χ4n) is 2.21. The van der Waals surface area contributed by atoms with Crippen molar-refractivity contribution in [2.24, 2.45) is 5.92 Å². The largest absolute Gasteiger partial charge is 0.490 e. The number of aliphatic hydroxyl groups is 1. The molecule has 18 heavy (non-hydrogen) atoms. The number of ether oxygens (including phenoxy) is 1. The van der Waals surface area contributed by atoms with E-state index in [1.807, 2.05) is 18.2 Å². The molecule has 1 aromatic rings. The molecule has 1 aliphatic rings. The number of alkyl halides is 1. The number of aliphatic hydroxyl groups excluding tert-OH is 1. The van der Waals surface area contributed by atoms with Gasteiger partial charge in [-0.15, -0.1) is 0 Å². The summed E-state index contributed by atoms with van der Waals surface area (Å²) in [4.78, 5) is 0. The molecule has 0 saturated heterocycles. The van der Waals surface area contributed by atoms with Gasteiger partial charge in [0.05, 0.1) is 6.10 Å². The Morgan fingerprint density at radius 1 is 1.33 bits per heavy atom. The summed E-state index contributed by atoms with van der Waals surface area (Å²) in [7, 11) is 0. The van der Waals surface area contributed by atoms with E-state index in [1.54, 1.807) is 18.2 Å². The lowest BCUT2D eigenvalue weighted by Gasteiger charge is -2.10. The Bertz CT molecular complexity index is 377. The lowest BCUT2D eigenvalue weighted by atomic mass is 10.1. The first-order valence-corrected chi connectivity index (χ1v) is 6.44. The third-order valence-corrected chi connectivity index (χ3v) is 3.25. The van der Waals surface area contributed by atoms with E-state index in [2.05, 4.69) is 0 Å². The quantitative estimate of drug-likeness (QED) is 0.814. The van der Waals surface area contributed by atoms with Crippen LogP contribution in [0, 0.1) is 5.92 Å². The summed E-state index contributed by atoms with van der Waals surface area (Å²) in [6.07, 6.45) is 4.66. The highest BCUT2D eigenvalue weighted by Crippen LogP contribution is 2.26. The standard InChI is InChI=1S/C15H19FO2/c16-13(10-9-12-5-4-8-15(12)17)11-18-14-6-2-1-3-7-14/h1-3,6-7,9-10,12-13,15,17H,4-5,8,11H2/b10-9+. The van der Waals surface area contributed by atoms with Gasteiger partial charge in [0, 0.05) is 5.92 Å². The van der Waals surface area contributed by atoms with Gasteiger partial charge in [-0.05, 0) is 25.0 Å². The van der Waals surface area contributed by atoms with Crippen LogP contribution in [0.5, 0.6) is 5.75 Å². The Morgan fingerprint density at radius 2 is 2.11 bits per heavy atom. The summed E-state index contributed by atoms with van der Waals surface area (Å²) in [5.41, 5.74) is 0. The lowest BCUT2D eigenvalue weighted by molar-refractivity contribution is 0.152. The van der Waals surface area contributed by atoms with Crippen LogP contribution in [0.2, 0.25) is 0 Å². The molecule has 98 valence electrons. The van der Waals surface area contributed by atoms with Crippen molar-refractivity contribution in [3.05, 3.63) is 42.5 Å². The normalized spacial score (nSPS) is 25.4. The second kappa shape index (κ2) is 6.55. The second-order valence-electron chi connectivity index (χ2n) is 4.69. The zero-order chi connectivity index (χ0) is 12.8. The minimum atomic E-state index is -1.13. The average molecular weight is 250 g/mol. The monoisotopic (exact) mass is 250 g/mol. The Labute approximate surface area is 107 Å². The lowest BCUT2D eigenvalue weighted by Crippen LogP contribution is -2.13. The van der Waals surface area contributed by atoms with Crippen molar-refractivity contribution >= 4 is 0 Å². The second-order valence-corrected chi connectivity index (χ2v) is 4.69. The molecule has 1 aliphatic carbocycles. The Hall–Kier alpha value is -1.35. The van der Waals surface area contributed by atoms with Gasteiger partial charge < -0.3 is 9.84 Å². The Kier molecular flexibility index (Phi) is 4.76. The van der Waals surface area contributed by atoms with E-state index in [9.17, 15) is 9.50 Å². The van der Waals surface area contributed by atoms with Crippen LogP contribution in [0.25, 0.3) is 0 Å². The molecule has 0 heterocycles. The zero-order valence-corrected chi connectivity index (χ0v) is 10.3. The van der Waals surface area contributed by atoms with Crippen molar-refractivity contribution in [1.29, 1.82) is 0 Å². The number of benzene rings is 1. The van der Waals surface area contributed by atoms with Crippen LogP contribution in [0.4, 0.5) is 4.39 Å². The van der Waals surface area contributed by atoms with Crippen LogP contribution in [-0.4, -0.2) is 24.0 Å². The van der Waals surface area contributed by atoms with Gasteiger partial charge in [0.15, 0.2) is 6.17 Å². The maximum absolute atomic E-state index is 13.6. The van der Waals surface area contributed by atoms with Gasteiger partial charge in [0.2, 0.25) is 0 Å². The molecule has 3 atom stereocenters. The summed E-state index contributed by atoms with van der Waals surface area (Å²) in [5.74, 6) is 0.787. The fourth-order valence-corrected chi connectivity index (χ4v) is 2.21. The van der Waals surface area contributed by atoms with Gasteiger partial charge in [0.1, 0.15) is 12.4 Å². The molecular formula is C15H19FO2. The first-order chi connectivity index (χ1) is 8.75. The summed E-state index contributed by atoms with van der Waals surface area (Å²) < 4.78 is 18.9. The van der Waals surface area contributed by atoms with E-state index in [0.717, 1.165) is 19.3 Å². The summed E-state index contributed by atoms with van der Waals surface area (Å²) >= 11 is 0. The number of rotatable bonds is 5. The third kappa shape index (κ3) is 3.84. The molecular weight excluding hydrogens is 231 g/mol. The van der Waals surface area contributed by atoms with Gasteiger partial charge in [0.25, 0.3) is 0 Å². The highest BCUT2D eigenvalue weighted by atomic mass is 19.1. The molecule has 0 spiro atoms. The average Bonchev–Trinajstić information content (AvgIpc) is 2.81. The zero-order valence-electron chi connectivity index (χ0n) is 10.3. The van der Waals surface area contributed by atoms with Gasteiger partial charge in [-0.2, -0.15) is 0 Å². The van der Waals surface area contributed by atoms with E-state index in [0.29, 0.717) is 5.75 Å². The fraction of sp³-hybridized carbons (Fsp3) is 0.467. The summed E-state index contributed by atoms with van der Waals surface area (Å²) in [6.45, 7) is 0.0172. The first kappa shape index (κ1) is 13.1. The highest BCUT2D eigenvalue weighted by Gasteiger charge is 2.22. The molecule has 2 nitrogen and oxygen atoms in total. The molecule has 1 saturated carbocycles. The van der Waals surface area contributed by atoms with Gasteiger partial charge >= 0.3 is 0 Å². The maximum atomic E-state index is 13.6. The third-order valence-electron chi connectivity index (χ3n) is 3.25. The predicted octanol–water partition coefficient (Wildman–Crippen LogP) is 3.12. The molecule has 0 radical (unpaired) electrons. The van der Waals surface area contributed by atoms with E-state index in [-0.39, 0.29) is 18.6 Å². The van der Waals surface area contributed by atoms with Crippen molar-refractivity contribution in [3.8, 4) is 5.75 Å². The van der Waals surface area contributed by atoms with Crippen molar-refractivity contribution in [1.82, 2.24) is 0 Å². The van der Waals surface area contributed by atoms with Crippen LogP contribution in [0.1, 0.15) is 19.3 Å². The molecule has 0 bridgehead atoms. The molecule has 3 unspecified atom stereocenters. The Morgan fingerprint density at radius 3 is 2.78 bits per heavy atom. The number of halogens is 1. The van der Waals surface area contributed by atoms with E-state index < -0.39 is 6.17 Å². The van der Waals surface area contributed by atoms with Crippen molar-refractivity contribution in [2.45, 2.75) is 31.5 Å². The van der Waals surface area contributed by atoms with E-state index in [1.165, 1.54) is 6.08 Å². The SMILES string of the molecule is OC1CCCC1/C=C/C(F)COc1ccccc1. The van der Waals surface area contributed by atoms with Gasteiger partial charge in [-0.1, -0.05) is 36.8 Å². The van der Waals surface area contributed by atoms with Crippen LogP contribution < -0.4 is 4.74 Å². The van der Waals surface area contributed by atoms with Gasteiger partial charge in [-0.25, -0.2) is 4.39 Å². The minimum absolute atomic E-state index is 0.0172. The summed E-state index contributed by atoms with van der Waals surface area (Å²) in [6, 6.07) is 9.20. The molecule has 1 fully saturated rings. The van der Waals surface area contributed by atoms with Crippen molar-refractivity contribution < 1.29 is 14.2 Å². The highest BCUT2D eigenvalue weighted by molar-refractivity contribution is 5.21. The van der Waals surface area contributed by atoms with Crippen LogP contribution >= 0.6 is 0 Å². The molecule has 0 aromatic heterocycles. The summed E-state index contributed by atoms with van der Waals surface area (Å²) in [5, 5.41) is 9.60. The predicted molar refractivity (Wildman–Crippen MR) is 69.3 cm³/mol. The van der Waals surface area contributed by atoms with E-state index in [4.69, 9.17) is 4.74 Å². The molecule has 1 aromatic carbocycles. The van der Waals surface area contributed by atoms with Crippen molar-refractivity contribution in [3.63, 3.8) is 0 Å². The van der Waals surface area contributed by atoms with E-state index >= 15 is 0 Å². The van der Waals surface area contributed by atoms with Crippen molar-refractivity contribution in [2.75, 3.05) is 6.61 Å². The van der Waals surface area contributed by atoms with Crippen LogP contribution in [-0.2, 0) is 0 Å². The molecule has 2 rings (SSSR count). The maximum Gasteiger partial charge on any atom is 0.152 e.